The van der Waals surface area contributed by atoms with Crippen molar-refractivity contribution >= 4 is 35.0 Å². The topological polar surface area (TPSA) is 32.3 Å². The van der Waals surface area contributed by atoms with Gasteiger partial charge in [0, 0.05) is 17.2 Å². The van der Waals surface area contributed by atoms with Crippen LogP contribution in [0.5, 0.6) is 0 Å². The highest BCUT2D eigenvalue weighted by molar-refractivity contribution is 7.99. The normalized spacial score (nSPS) is 12.8. The molecular formula is C11H15Cl2NOS. The van der Waals surface area contributed by atoms with Crippen molar-refractivity contribution < 1.29 is 5.11 Å². The van der Waals surface area contributed by atoms with Gasteiger partial charge in [-0.15, -0.1) is 11.8 Å². The van der Waals surface area contributed by atoms with Gasteiger partial charge in [0.2, 0.25) is 0 Å². The molecule has 1 aromatic carbocycles. The number of rotatable bonds is 6. The quantitative estimate of drug-likeness (QED) is 0.785. The van der Waals surface area contributed by atoms with E-state index in [2.05, 4.69) is 5.32 Å². The van der Waals surface area contributed by atoms with Crippen LogP contribution in [0.3, 0.4) is 0 Å². The zero-order valence-electron chi connectivity index (χ0n) is 9.04. The number of hydrogen-bond acceptors (Lipinski definition) is 3. The summed E-state index contributed by atoms with van der Waals surface area (Å²) < 4.78 is 0. The first-order valence-electron chi connectivity index (χ1n) is 5.10. The molecular weight excluding hydrogens is 265 g/mol. The van der Waals surface area contributed by atoms with Crippen molar-refractivity contribution in [1.29, 1.82) is 0 Å². The maximum Gasteiger partial charge on any atom is 0.0758 e. The van der Waals surface area contributed by atoms with Crippen LogP contribution in [-0.4, -0.2) is 30.1 Å². The van der Waals surface area contributed by atoms with Crippen molar-refractivity contribution in [1.82, 2.24) is 5.32 Å². The van der Waals surface area contributed by atoms with E-state index in [0.29, 0.717) is 22.3 Å². The maximum atomic E-state index is 9.62. The van der Waals surface area contributed by atoms with Gasteiger partial charge in [0.05, 0.1) is 16.1 Å². The van der Waals surface area contributed by atoms with Crippen LogP contribution in [0.15, 0.2) is 23.1 Å². The predicted molar refractivity (Wildman–Crippen MR) is 71.7 cm³/mol. The molecule has 0 heterocycles. The lowest BCUT2D eigenvalue weighted by Gasteiger charge is -2.10. The van der Waals surface area contributed by atoms with Crippen molar-refractivity contribution in [3.05, 3.63) is 28.2 Å². The van der Waals surface area contributed by atoms with Crippen LogP contribution in [0, 0.1) is 0 Å². The number of nitrogens with one attached hydrogen (secondary N) is 1. The minimum absolute atomic E-state index is 0.348. The van der Waals surface area contributed by atoms with Crippen LogP contribution in [0.1, 0.15) is 6.92 Å². The van der Waals surface area contributed by atoms with E-state index in [1.807, 2.05) is 19.1 Å². The van der Waals surface area contributed by atoms with Crippen LogP contribution in [0.4, 0.5) is 0 Å². The molecule has 1 aromatic rings. The van der Waals surface area contributed by atoms with Gasteiger partial charge >= 0.3 is 0 Å². The Labute approximate surface area is 110 Å². The standard InChI is InChI=1S/C11H15Cl2NOS/c1-2-14-6-8(15)7-16-9-3-4-10(12)11(13)5-9/h3-5,8,14-15H,2,6-7H2,1H3. The number of thioether (sulfide) groups is 1. The Balaban J connectivity index is 2.39. The van der Waals surface area contributed by atoms with Gasteiger partial charge in [0.25, 0.3) is 0 Å². The molecule has 0 saturated heterocycles. The average Bonchev–Trinajstić information content (AvgIpc) is 2.28. The highest BCUT2D eigenvalue weighted by atomic mass is 35.5. The third kappa shape index (κ3) is 4.93. The van der Waals surface area contributed by atoms with Crippen molar-refractivity contribution in [2.45, 2.75) is 17.9 Å². The lowest BCUT2D eigenvalue weighted by atomic mass is 10.4. The minimum atomic E-state index is -0.348. The summed E-state index contributed by atoms with van der Waals surface area (Å²) in [5.74, 6) is 0.644. The Kier molecular flexibility index (Phi) is 6.54. The molecule has 1 unspecified atom stereocenters. The maximum absolute atomic E-state index is 9.62. The molecule has 0 saturated carbocycles. The van der Waals surface area contributed by atoms with Crippen molar-refractivity contribution in [2.75, 3.05) is 18.8 Å². The lowest BCUT2D eigenvalue weighted by molar-refractivity contribution is 0.197. The van der Waals surface area contributed by atoms with E-state index >= 15 is 0 Å². The predicted octanol–water partition coefficient (Wildman–Crippen LogP) is 3.06. The summed E-state index contributed by atoms with van der Waals surface area (Å²) in [5.41, 5.74) is 0. The molecule has 0 radical (unpaired) electrons. The van der Waals surface area contributed by atoms with Gasteiger partial charge in [0.15, 0.2) is 0 Å². The number of aliphatic hydroxyl groups excluding tert-OH is 1. The molecule has 16 heavy (non-hydrogen) atoms. The van der Waals surface area contributed by atoms with E-state index in [-0.39, 0.29) is 6.10 Å². The van der Waals surface area contributed by atoms with Crippen LogP contribution < -0.4 is 5.32 Å². The van der Waals surface area contributed by atoms with Gasteiger partial charge in [-0.1, -0.05) is 30.1 Å². The summed E-state index contributed by atoms with van der Waals surface area (Å²) in [6.45, 7) is 3.50. The van der Waals surface area contributed by atoms with E-state index in [1.54, 1.807) is 17.8 Å². The molecule has 0 aliphatic rings. The van der Waals surface area contributed by atoms with Crippen molar-refractivity contribution in [3.63, 3.8) is 0 Å². The average molecular weight is 280 g/mol. The fraction of sp³-hybridized carbons (Fsp3) is 0.455. The SMILES string of the molecule is CCNCC(O)CSc1ccc(Cl)c(Cl)c1. The smallest absolute Gasteiger partial charge is 0.0758 e. The summed E-state index contributed by atoms with van der Waals surface area (Å²) in [7, 11) is 0. The zero-order chi connectivity index (χ0) is 12.0. The van der Waals surface area contributed by atoms with Gasteiger partial charge < -0.3 is 10.4 Å². The third-order valence-electron chi connectivity index (χ3n) is 1.96. The molecule has 0 aromatic heterocycles. The first-order chi connectivity index (χ1) is 7.63. The molecule has 90 valence electrons. The highest BCUT2D eigenvalue weighted by Crippen LogP contribution is 2.28. The third-order valence-corrected chi connectivity index (χ3v) is 3.84. The van der Waals surface area contributed by atoms with E-state index in [0.717, 1.165) is 11.4 Å². The molecule has 2 nitrogen and oxygen atoms in total. The van der Waals surface area contributed by atoms with Crippen LogP contribution >= 0.6 is 35.0 Å². The first-order valence-corrected chi connectivity index (χ1v) is 6.84. The first kappa shape index (κ1) is 14.1. The Morgan fingerprint density at radius 3 is 2.75 bits per heavy atom. The number of benzene rings is 1. The molecule has 2 N–H and O–H groups in total. The summed E-state index contributed by atoms with van der Waals surface area (Å²) >= 11 is 13.3. The number of aliphatic hydroxyl groups is 1. The monoisotopic (exact) mass is 279 g/mol. The summed E-state index contributed by atoms with van der Waals surface area (Å²) in [4.78, 5) is 1.02. The van der Waals surface area contributed by atoms with Crippen molar-refractivity contribution in [3.8, 4) is 0 Å². The van der Waals surface area contributed by atoms with Gasteiger partial charge in [-0.3, -0.25) is 0 Å². The van der Waals surface area contributed by atoms with Gasteiger partial charge in [-0.2, -0.15) is 0 Å². The number of likely N-dealkylation sites (N-methyl/N-ethyl adjacent to an activating group) is 1. The molecule has 5 heteroatoms. The number of hydrogen-bond donors (Lipinski definition) is 2. The molecule has 1 rings (SSSR count). The molecule has 0 bridgehead atoms. The van der Waals surface area contributed by atoms with E-state index in [4.69, 9.17) is 23.2 Å². The Morgan fingerprint density at radius 2 is 2.12 bits per heavy atom. The van der Waals surface area contributed by atoms with E-state index < -0.39 is 0 Å². The second-order valence-electron chi connectivity index (χ2n) is 3.35. The second-order valence-corrected chi connectivity index (χ2v) is 5.26. The Morgan fingerprint density at radius 1 is 1.38 bits per heavy atom. The van der Waals surface area contributed by atoms with Gasteiger partial charge in [-0.25, -0.2) is 0 Å². The van der Waals surface area contributed by atoms with Crippen LogP contribution in [0.25, 0.3) is 0 Å². The largest absolute Gasteiger partial charge is 0.391 e. The highest BCUT2D eigenvalue weighted by Gasteiger charge is 2.05. The number of halogens is 2. The Bertz CT molecular complexity index is 336. The van der Waals surface area contributed by atoms with Gasteiger partial charge in [-0.05, 0) is 24.7 Å². The zero-order valence-corrected chi connectivity index (χ0v) is 11.4. The van der Waals surface area contributed by atoms with Crippen molar-refractivity contribution in [2.24, 2.45) is 0 Å². The Hall–Kier alpha value is 0.0700. The molecule has 0 aliphatic heterocycles. The molecule has 0 spiro atoms. The fourth-order valence-electron chi connectivity index (χ4n) is 1.13. The molecule has 1 atom stereocenters. The summed E-state index contributed by atoms with van der Waals surface area (Å²) in [6.07, 6.45) is -0.348. The van der Waals surface area contributed by atoms with Crippen LogP contribution in [0.2, 0.25) is 10.0 Å². The van der Waals surface area contributed by atoms with E-state index in [9.17, 15) is 5.11 Å². The van der Waals surface area contributed by atoms with Gasteiger partial charge in [0.1, 0.15) is 0 Å². The fourth-order valence-corrected chi connectivity index (χ4v) is 2.36. The lowest BCUT2D eigenvalue weighted by Crippen LogP contribution is -2.28. The summed E-state index contributed by atoms with van der Waals surface area (Å²) in [6, 6.07) is 5.48. The summed E-state index contributed by atoms with van der Waals surface area (Å²) in [5, 5.41) is 13.8. The van der Waals surface area contributed by atoms with E-state index in [1.165, 1.54) is 0 Å². The molecule has 0 aliphatic carbocycles. The second kappa shape index (κ2) is 7.41. The molecule has 0 amide bonds. The minimum Gasteiger partial charge on any atom is -0.391 e. The molecule has 0 fully saturated rings. The van der Waals surface area contributed by atoms with Crippen LogP contribution in [-0.2, 0) is 0 Å².